The number of halogens is 1. The van der Waals surface area contributed by atoms with Crippen LogP contribution in [0.15, 0.2) is 36.4 Å². The first-order valence-corrected chi connectivity index (χ1v) is 6.52. The molecule has 0 radical (unpaired) electrons. The zero-order valence-electron chi connectivity index (χ0n) is 11.6. The highest BCUT2D eigenvalue weighted by Gasteiger charge is 2.12. The van der Waals surface area contributed by atoms with Crippen LogP contribution >= 0.6 is 0 Å². The minimum atomic E-state index is -0.302. The van der Waals surface area contributed by atoms with Crippen LogP contribution in [-0.2, 0) is 6.61 Å². The van der Waals surface area contributed by atoms with Gasteiger partial charge < -0.3 is 15.2 Å². The Morgan fingerprint density at radius 2 is 1.90 bits per heavy atom. The standard InChI is InChI=1S/C16H16FNO3/c1-2-20-15-8-12(9-19)7-14(18)16(15)21-10-11-3-5-13(17)6-4-11/h3-9H,2,10,18H2,1H3. The lowest BCUT2D eigenvalue weighted by molar-refractivity contribution is 0.112. The number of aldehydes is 1. The van der Waals surface area contributed by atoms with E-state index in [-0.39, 0.29) is 12.4 Å². The van der Waals surface area contributed by atoms with Gasteiger partial charge in [0, 0.05) is 5.56 Å². The third-order valence-electron chi connectivity index (χ3n) is 2.84. The molecule has 0 fully saturated rings. The van der Waals surface area contributed by atoms with Gasteiger partial charge in [-0.1, -0.05) is 12.1 Å². The fraction of sp³-hybridized carbons (Fsp3) is 0.188. The molecule has 5 heteroatoms. The number of nitrogens with two attached hydrogens (primary N) is 1. The first-order chi connectivity index (χ1) is 10.1. The van der Waals surface area contributed by atoms with Crippen LogP contribution in [0.4, 0.5) is 10.1 Å². The molecular weight excluding hydrogens is 273 g/mol. The third kappa shape index (κ3) is 3.72. The Morgan fingerprint density at radius 3 is 2.52 bits per heavy atom. The van der Waals surface area contributed by atoms with Crippen molar-refractivity contribution >= 4 is 12.0 Å². The quantitative estimate of drug-likeness (QED) is 0.655. The van der Waals surface area contributed by atoms with Gasteiger partial charge in [0.25, 0.3) is 0 Å². The molecule has 110 valence electrons. The topological polar surface area (TPSA) is 61.5 Å². The number of hydrogen-bond donors (Lipinski definition) is 1. The van der Waals surface area contributed by atoms with E-state index in [4.69, 9.17) is 15.2 Å². The predicted octanol–water partition coefficient (Wildman–Crippen LogP) is 3.20. The van der Waals surface area contributed by atoms with Gasteiger partial charge in [-0.25, -0.2) is 4.39 Å². The van der Waals surface area contributed by atoms with Crippen LogP contribution in [0.25, 0.3) is 0 Å². The predicted molar refractivity (Wildman–Crippen MR) is 78.1 cm³/mol. The highest BCUT2D eigenvalue weighted by Crippen LogP contribution is 2.35. The number of carbonyl (C=O) groups excluding carboxylic acids is 1. The molecule has 0 saturated carbocycles. The average molecular weight is 289 g/mol. The van der Waals surface area contributed by atoms with Gasteiger partial charge in [0.15, 0.2) is 11.5 Å². The molecule has 0 bridgehead atoms. The van der Waals surface area contributed by atoms with Crippen LogP contribution < -0.4 is 15.2 Å². The van der Waals surface area contributed by atoms with Crippen molar-refractivity contribution in [1.29, 1.82) is 0 Å². The van der Waals surface area contributed by atoms with Gasteiger partial charge >= 0.3 is 0 Å². The van der Waals surface area contributed by atoms with E-state index in [0.29, 0.717) is 35.6 Å². The lowest BCUT2D eigenvalue weighted by atomic mass is 10.2. The zero-order valence-corrected chi connectivity index (χ0v) is 11.6. The Labute approximate surface area is 122 Å². The van der Waals surface area contributed by atoms with Crippen LogP contribution in [0.2, 0.25) is 0 Å². The van der Waals surface area contributed by atoms with E-state index in [1.165, 1.54) is 18.2 Å². The molecule has 0 aliphatic heterocycles. The number of benzene rings is 2. The minimum Gasteiger partial charge on any atom is -0.490 e. The summed E-state index contributed by atoms with van der Waals surface area (Å²) in [6, 6.07) is 9.09. The Balaban J connectivity index is 2.21. The molecule has 0 aliphatic carbocycles. The zero-order chi connectivity index (χ0) is 15.2. The van der Waals surface area contributed by atoms with Crippen LogP contribution in [0.3, 0.4) is 0 Å². The number of rotatable bonds is 6. The Morgan fingerprint density at radius 1 is 1.19 bits per heavy atom. The summed E-state index contributed by atoms with van der Waals surface area (Å²) in [5.41, 5.74) is 7.44. The average Bonchev–Trinajstić information content (AvgIpc) is 2.48. The fourth-order valence-electron chi connectivity index (χ4n) is 1.87. The van der Waals surface area contributed by atoms with Crippen LogP contribution in [-0.4, -0.2) is 12.9 Å². The Hall–Kier alpha value is -2.56. The number of ether oxygens (including phenoxy) is 2. The van der Waals surface area contributed by atoms with E-state index >= 15 is 0 Å². The van der Waals surface area contributed by atoms with E-state index in [2.05, 4.69) is 0 Å². The fourth-order valence-corrected chi connectivity index (χ4v) is 1.87. The Bertz CT molecular complexity index is 626. The highest BCUT2D eigenvalue weighted by molar-refractivity contribution is 5.80. The summed E-state index contributed by atoms with van der Waals surface area (Å²) in [5, 5.41) is 0. The summed E-state index contributed by atoms with van der Waals surface area (Å²) in [6.45, 7) is 2.48. The molecule has 0 aromatic heterocycles. The van der Waals surface area contributed by atoms with E-state index in [1.54, 1.807) is 18.2 Å². The van der Waals surface area contributed by atoms with Gasteiger partial charge in [-0.15, -0.1) is 0 Å². The summed E-state index contributed by atoms with van der Waals surface area (Å²) in [5.74, 6) is 0.497. The molecule has 2 N–H and O–H groups in total. The molecule has 2 rings (SSSR count). The maximum atomic E-state index is 12.8. The summed E-state index contributed by atoms with van der Waals surface area (Å²) < 4.78 is 23.9. The van der Waals surface area contributed by atoms with Crippen LogP contribution in [0.5, 0.6) is 11.5 Å². The molecule has 0 heterocycles. The molecule has 4 nitrogen and oxygen atoms in total. The lowest BCUT2D eigenvalue weighted by Crippen LogP contribution is -2.03. The van der Waals surface area contributed by atoms with Gasteiger partial charge in [0.2, 0.25) is 0 Å². The maximum absolute atomic E-state index is 12.8. The van der Waals surface area contributed by atoms with Gasteiger partial charge in [-0.3, -0.25) is 4.79 Å². The molecule has 0 spiro atoms. The lowest BCUT2D eigenvalue weighted by Gasteiger charge is -2.14. The Kier molecular flexibility index (Phi) is 4.77. The van der Waals surface area contributed by atoms with Crippen molar-refractivity contribution in [2.75, 3.05) is 12.3 Å². The van der Waals surface area contributed by atoms with Crippen molar-refractivity contribution < 1.29 is 18.7 Å². The summed E-state index contributed by atoms with van der Waals surface area (Å²) in [4.78, 5) is 10.9. The van der Waals surface area contributed by atoms with Crippen molar-refractivity contribution in [1.82, 2.24) is 0 Å². The van der Waals surface area contributed by atoms with Gasteiger partial charge in [-0.05, 0) is 36.8 Å². The smallest absolute Gasteiger partial charge is 0.184 e. The number of nitrogen functional groups attached to an aromatic ring is 1. The summed E-state index contributed by atoms with van der Waals surface area (Å²) in [7, 11) is 0. The van der Waals surface area contributed by atoms with E-state index in [9.17, 15) is 9.18 Å². The number of carbonyl (C=O) groups is 1. The van der Waals surface area contributed by atoms with Gasteiger partial charge in [-0.2, -0.15) is 0 Å². The molecular formula is C16H16FNO3. The third-order valence-corrected chi connectivity index (χ3v) is 2.84. The normalized spacial score (nSPS) is 10.2. The second-order valence-corrected chi connectivity index (χ2v) is 4.40. The summed E-state index contributed by atoms with van der Waals surface area (Å²) >= 11 is 0. The van der Waals surface area contributed by atoms with Gasteiger partial charge in [0.05, 0.1) is 12.3 Å². The van der Waals surface area contributed by atoms with Crippen LogP contribution in [0.1, 0.15) is 22.8 Å². The van der Waals surface area contributed by atoms with E-state index in [0.717, 1.165) is 5.56 Å². The minimum absolute atomic E-state index is 0.227. The summed E-state index contributed by atoms with van der Waals surface area (Å²) in [6.07, 6.45) is 0.697. The van der Waals surface area contributed by atoms with Crippen molar-refractivity contribution in [3.63, 3.8) is 0 Å². The second kappa shape index (κ2) is 6.74. The number of anilines is 1. The molecule has 2 aromatic carbocycles. The molecule has 0 amide bonds. The van der Waals surface area contributed by atoms with Crippen LogP contribution in [0, 0.1) is 5.82 Å². The monoisotopic (exact) mass is 289 g/mol. The number of hydrogen-bond acceptors (Lipinski definition) is 4. The van der Waals surface area contributed by atoms with Crippen molar-refractivity contribution in [2.45, 2.75) is 13.5 Å². The first kappa shape index (κ1) is 14.8. The molecule has 2 aromatic rings. The molecule has 21 heavy (non-hydrogen) atoms. The molecule has 0 aliphatic rings. The molecule has 0 unspecified atom stereocenters. The molecule has 0 saturated heterocycles. The van der Waals surface area contributed by atoms with E-state index < -0.39 is 0 Å². The van der Waals surface area contributed by atoms with Crippen molar-refractivity contribution in [3.8, 4) is 11.5 Å². The first-order valence-electron chi connectivity index (χ1n) is 6.52. The SMILES string of the molecule is CCOc1cc(C=O)cc(N)c1OCc1ccc(F)cc1. The van der Waals surface area contributed by atoms with Gasteiger partial charge in [0.1, 0.15) is 18.7 Å². The molecule has 0 atom stereocenters. The maximum Gasteiger partial charge on any atom is 0.184 e. The van der Waals surface area contributed by atoms with Crippen molar-refractivity contribution in [3.05, 3.63) is 53.3 Å². The van der Waals surface area contributed by atoms with Crippen molar-refractivity contribution in [2.24, 2.45) is 0 Å². The second-order valence-electron chi connectivity index (χ2n) is 4.40. The largest absolute Gasteiger partial charge is 0.490 e. The highest BCUT2D eigenvalue weighted by atomic mass is 19.1. The van der Waals surface area contributed by atoms with E-state index in [1.807, 2.05) is 6.92 Å².